The van der Waals surface area contributed by atoms with Gasteiger partial charge < -0.3 is 15.0 Å². The number of rotatable bonds is 5. The van der Waals surface area contributed by atoms with Crippen molar-refractivity contribution < 1.29 is 9.13 Å². The molecule has 2 atom stereocenters. The molecule has 1 aromatic rings. The monoisotopic (exact) mass is 266 g/mol. The fourth-order valence-corrected chi connectivity index (χ4v) is 2.75. The van der Waals surface area contributed by atoms with Gasteiger partial charge in [-0.25, -0.2) is 4.39 Å². The van der Waals surface area contributed by atoms with Crippen molar-refractivity contribution in [3.05, 3.63) is 29.6 Å². The van der Waals surface area contributed by atoms with E-state index in [1.54, 1.807) is 19.2 Å². The van der Waals surface area contributed by atoms with Gasteiger partial charge in [0.05, 0.1) is 7.11 Å². The maximum Gasteiger partial charge on any atom is 0.131 e. The largest absolute Gasteiger partial charge is 0.496 e. The number of methoxy groups -OCH3 is 1. The van der Waals surface area contributed by atoms with Gasteiger partial charge in [0, 0.05) is 18.2 Å². The number of hydrogen-bond donors (Lipinski definition) is 1. The van der Waals surface area contributed by atoms with Crippen LogP contribution < -0.4 is 10.1 Å². The fraction of sp³-hybridized carbons (Fsp3) is 0.600. The summed E-state index contributed by atoms with van der Waals surface area (Å²) in [5, 5.41) is 3.43. The molecule has 2 rings (SSSR count). The van der Waals surface area contributed by atoms with E-state index in [-0.39, 0.29) is 11.9 Å². The van der Waals surface area contributed by atoms with Crippen LogP contribution in [0.3, 0.4) is 0 Å². The standard InChI is InChI=1S/C15H23FN2O/c1-11(17-9-12-7-8-18(2)10-12)15-13(16)5-4-6-14(15)19-3/h4-6,11-12,17H,7-10H2,1-3H3. The third-order valence-corrected chi connectivity index (χ3v) is 3.87. The van der Waals surface area contributed by atoms with Gasteiger partial charge in [0.15, 0.2) is 0 Å². The lowest BCUT2D eigenvalue weighted by Gasteiger charge is -2.20. The van der Waals surface area contributed by atoms with E-state index in [1.165, 1.54) is 12.5 Å². The van der Waals surface area contributed by atoms with Crippen molar-refractivity contribution in [2.45, 2.75) is 19.4 Å². The fourth-order valence-electron chi connectivity index (χ4n) is 2.75. The number of benzene rings is 1. The van der Waals surface area contributed by atoms with Crippen LogP contribution in [0, 0.1) is 11.7 Å². The molecule has 4 heteroatoms. The minimum absolute atomic E-state index is 0.0398. The SMILES string of the molecule is COc1cccc(F)c1C(C)NCC1CCN(C)C1. The number of likely N-dealkylation sites (tertiary alicyclic amines) is 1. The second kappa shape index (κ2) is 6.35. The van der Waals surface area contributed by atoms with E-state index in [1.807, 2.05) is 6.92 Å². The third-order valence-electron chi connectivity index (χ3n) is 3.87. The lowest BCUT2D eigenvalue weighted by Crippen LogP contribution is -2.28. The van der Waals surface area contributed by atoms with Gasteiger partial charge in [0.2, 0.25) is 0 Å². The zero-order valence-electron chi connectivity index (χ0n) is 11.9. The average Bonchev–Trinajstić information content (AvgIpc) is 2.81. The lowest BCUT2D eigenvalue weighted by molar-refractivity contribution is 0.371. The first-order valence-electron chi connectivity index (χ1n) is 6.86. The number of nitrogens with one attached hydrogen (secondary N) is 1. The van der Waals surface area contributed by atoms with E-state index in [0.29, 0.717) is 17.2 Å². The van der Waals surface area contributed by atoms with E-state index >= 15 is 0 Å². The highest BCUT2D eigenvalue weighted by molar-refractivity contribution is 5.36. The van der Waals surface area contributed by atoms with Gasteiger partial charge in [0.1, 0.15) is 11.6 Å². The normalized spacial score (nSPS) is 21.6. The molecular formula is C15H23FN2O. The molecule has 1 aromatic carbocycles. The number of ether oxygens (including phenoxy) is 1. The summed E-state index contributed by atoms with van der Waals surface area (Å²) >= 11 is 0. The molecule has 0 radical (unpaired) electrons. The summed E-state index contributed by atoms with van der Waals surface area (Å²) in [4.78, 5) is 2.33. The Morgan fingerprint density at radius 3 is 2.95 bits per heavy atom. The molecule has 2 unspecified atom stereocenters. The van der Waals surface area contributed by atoms with Gasteiger partial charge in [0.25, 0.3) is 0 Å². The van der Waals surface area contributed by atoms with Crippen LogP contribution in [0.2, 0.25) is 0 Å². The van der Waals surface area contributed by atoms with Crippen molar-refractivity contribution in [1.82, 2.24) is 10.2 Å². The molecule has 0 amide bonds. The average molecular weight is 266 g/mol. The Morgan fingerprint density at radius 2 is 2.32 bits per heavy atom. The molecule has 1 fully saturated rings. The second-order valence-electron chi connectivity index (χ2n) is 5.40. The zero-order valence-corrected chi connectivity index (χ0v) is 11.9. The zero-order chi connectivity index (χ0) is 13.8. The number of nitrogens with zero attached hydrogens (tertiary/aromatic N) is 1. The molecule has 3 nitrogen and oxygen atoms in total. The van der Waals surface area contributed by atoms with Gasteiger partial charge in [-0.15, -0.1) is 0 Å². The van der Waals surface area contributed by atoms with Crippen molar-refractivity contribution in [2.24, 2.45) is 5.92 Å². The molecule has 106 valence electrons. The molecular weight excluding hydrogens is 243 g/mol. The molecule has 19 heavy (non-hydrogen) atoms. The molecule has 0 saturated carbocycles. The summed E-state index contributed by atoms with van der Waals surface area (Å²) in [7, 11) is 3.72. The van der Waals surface area contributed by atoms with Crippen LogP contribution in [0.5, 0.6) is 5.75 Å². The molecule has 0 aromatic heterocycles. The van der Waals surface area contributed by atoms with E-state index in [4.69, 9.17) is 4.74 Å². The van der Waals surface area contributed by atoms with Crippen LogP contribution in [0.4, 0.5) is 4.39 Å². The summed E-state index contributed by atoms with van der Waals surface area (Å²) in [6.07, 6.45) is 1.21. The first-order valence-corrected chi connectivity index (χ1v) is 6.86. The highest BCUT2D eigenvalue weighted by Gasteiger charge is 2.21. The summed E-state index contributed by atoms with van der Waals surface area (Å²) in [5.41, 5.74) is 0.622. The first-order chi connectivity index (χ1) is 9.11. The number of hydrogen-bond acceptors (Lipinski definition) is 3. The highest BCUT2D eigenvalue weighted by atomic mass is 19.1. The molecule has 1 saturated heterocycles. The van der Waals surface area contributed by atoms with E-state index in [9.17, 15) is 4.39 Å². The predicted molar refractivity (Wildman–Crippen MR) is 75.0 cm³/mol. The summed E-state index contributed by atoms with van der Waals surface area (Å²) in [5.74, 6) is 1.07. The molecule has 0 spiro atoms. The Bertz CT molecular complexity index is 425. The van der Waals surface area contributed by atoms with E-state index < -0.39 is 0 Å². The van der Waals surface area contributed by atoms with Gasteiger partial charge in [-0.3, -0.25) is 0 Å². The van der Waals surface area contributed by atoms with Gasteiger partial charge in [-0.1, -0.05) is 6.07 Å². The van der Waals surface area contributed by atoms with Crippen molar-refractivity contribution in [2.75, 3.05) is 33.8 Å². The van der Waals surface area contributed by atoms with Crippen molar-refractivity contribution in [3.63, 3.8) is 0 Å². The van der Waals surface area contributed by atoms with Crippen LogP contribution in [0.15, 0.2) is 18.2 Å². The molecule has 0 bridgehead atoms. The lowest BCUT2D eigenvalue weighted by atomic mass is 10.0. The first kappa shape index (κ1) is 14.3. The molecule has 1 heterocycles. The predicted octanol–water partition coefficient (Wildman–Crippen LogP) is 2.44. The minimum Gasteiger partial charge on any atom is -0.496 e. The minimum atomic E-state index is -0.206. The Morgan fingerprint density at radius 1 is 1.53 bits per heavy atom. The van der Waals surface area contributed by atoms with Crippen molar-refractivity contribution in [1.29, 1.82) is 0 Å². The summed E-state index contributed by atoms with van der Waals surface area (Å²) in [6.45, 7) is 5.18. The Labute approximate surface area is 114 Å². The maximum atomic E-state index is 13.9. The Hall–Kier alpha value is -1.13. The van der Waals surface area contributed by atoms with E-state index in [0.717, 1.165) is 19.6 Å². The molecule has 1 aliphatic rings. The maximum absolute atomic E-state index is 13.9. The van der Waals surface area contributed by atoms with Crippen LogP contribution in [0.25, 0.3) is 0 Å². The Balaban J connectivity index is 1.98. The molecule has 1 aliphatic heterocycles. The number of halogens is 1. The summed E-state index contributed by atoms with van der Waals surface area (Å²) in [6, 6.07) is 4.93. The molecule has 1 N–H and O–H groups in total. The smallest absolute Gasteiger partial charge is 0.131 e. The van der Waals surface area contributed by atoms with Crippen LogP contribution in [-0.2, 0) is 0 Å². The molecule has 0 aliphatic carbocycles. The highest BCUT2D eigenvalue weighted by Crippen LogP contribution is 2.28. The van der Waals surface area contributed by atoms with Crippen LogP contribution in [0.1, 0.15) is 24.9 Å². The van der Waals surface area contributed by atoms with Crippen molar-refractivity contribution in [3.8, 4) is 5.75 Å². The van der Waals surface area contributed by atoms with E-state index in [2.05, 4.69) is 17.3 Å². The quantitative estimate of drug-likeness (QED) is 0.886. The van der Waals surface area contributed by atoms with Crippen molar-refractivity contribution >= 4 is 0 Å². The second-order valence-corrected chi connectivity index (χ2v) is 5.40. The van der Waals surface area contributed by atoms with Gasteiger partial charge in [-0.2, -0.15) is 0 Å². The summed E-state index contributed by atoms with van der Waals surface area (Å²) < 4.78 is 19.2. The third kappa shape index (κ3) is 3.45. The topological polar surface area (TPSA) is 24.5 Å². The van der Waals surface area contributed by atoms with Gasteiger partial charge >= 0.3 is 0 Å². The van der Waals surface area contributed by atoms with Crippen LogP contribution >= 0.6 is 0 Å². The van der Waals surface area contributed by atoms with Gasteiger partial charge in [-0.05, 0) is 51.5 Å². The van der Waals surface area contributed by atoms with Crippen LogP contribution in [-0.4, -0.2) is 38.7 Å². The Kier molecular flexibility index (Phi) is 4.77.